The first-order chi connectivity index (χ1) is 7.70. The molecule has 0 aliphatic heterocycles. The molecule has 0 saturated carbocycles. The Morgan fingerprint density at radius 3 is 2.94 bits per heavy atom. The molecule has 92 valence electrons. The molecule has 0 unspecified atom stereocenters. The van der Waals surface area contributed by atoms with Crippen molar-refractivity contribution in [1.82, 2.24) is 10.3 Å². The van der Waals surface area contributed by atoms with Crippen molar-refractivity contribution in [3.05, 3.63) is 16.1 Å². The Balaban J connectivity index is 1.94. The molecule has 0 spiro atoms. The zero-order valence-electron chi connectivity index (χ0n) is 10.5. The molecule has 0 bridgehead atoms. The standard InChI is InChI=1S/C12H22N2OS/c1-10(2)8-15-6-4-5-13-7-12-11(3)14-9-16-12/h9-10,13H,4-8H2,1-3H3. The molecule has 3 nitrogen and oxygen atoms in total. The molecule has 0 atom stereocenters. The number of aromatic nitrogens is 1. The van der Waals surface area contributed by atoms with Gasteiger partial charge in [-0.15, -0.1) is 11.3 Å². The van der Waals surface area contributed by atoms with Crippen LogP contribution in [-0.4, -0.2) is 24.7 Å². The van der Waals surface area contributed by atoms with E-state index in [0.717, 1.165) is 38.4 Å². The van der Waals surface area contributed by atoms with Crippen LogP contribution in [0.25, 0.3) is 0 Å². The first kappa shape index (κ1) is 13.6. The minimum absolute atomic E-state index is 0.632. The minimum atomic E-state index is 0.632. The molecule has 0 radical (unpaired) electrons. The molecule has 16 heavy (non-hydrogen) atoms. The van der Waals surface area contributed by atoms with Crippen molar-refractivity contribution in [2.45, 2.75) is 33.7 Å². The first-order valence-corrected chi connectivity index (χ1v) is 6.75. The lowest BCUT2D eigenvalue weighted by molar-refractivity contribution is 0.108. The van der Waals surface area contributed by atoms with Crippen molar-refractivity contribution in [2.24, 2.45) is 5.92 Å². The summed E-state index contributed by atoms with van der Waals surface area (Å²) in [4.78, 5) is 5.55. The number of hydrogen-bond acceptors (Lipinski definition) is 4. The van der Waals surface area contributed by atoms with Gasteiger partial charge in [0.15, 0.2) is 0 Å². The highest BCUT2D eigenvalue weighted by Gasteiger charge is 1.99. The van der Waals surface area contributed by atoms with Crippen molar-refractivity contribution < 1.29 is 4.74 Å². The molecule has 1 N–H and O–H groups in total. The predicted molar refractivity (Wildman–Crippen MR) is 68.8 cm³/mol. The third-order valence-corrected chi connectivity index (χ3v) is 3.16. The van der Waals surface area contributed by atoms with Crippen LogP contribution in [0.2, 0.25) is 0 Å². The van der Waals surface area contributed by atoms with E-state index in [9.17, 15) is 0 Å². The number of nitrogens with zero attached hydrogens (tertiary/aromatic N) is 1. The summed E-state index contributed by atoms with van der Waals surface area (Å²) in [5.41, 5.74) is 3.05. The number of rotatable bonds is 8. The van der Waals surface area contributed by atoms with Crippen LogP contribution in [0.4, 0.5) is 0 Å². The maximum Gasteiger partial charge on any atom is 0.0798 e. The maximum atomic E-state index is 5.51. The third-order valence-electron chi connectivity index (χ3n) is 2.22. The molecule has 1 aromatic rings. The van der Waals surface area contributed by atoms with E-state index in [1.807, 2.05) is 5.51 Å². The van der Waals surface area contributed by atoms with E-state index in [1.165, 1.54) is 4.88 Å². The topological polar surface area (TPSA) is 34.2 Å². The number of hydrogen-bond donors (Lipinski definition) is 1. The van der Waals surface area contributed by atoms with Crippen LogP contribution in [0.15, 0.2) is 5.51 Å². The SMILES string of the molecule is Cc1ncsc1CNCCCOCC(C)C. The molecular formula is C12H22N2OS. The van der Waals surface area contributed by atoms with E-state index in [-0.39, 0.29) is 0 Å². The van der Waals surface area contributed by atoms with Crippen LogP contribution >= 0.6 is 11.3 Å². The summed E-state index contributed by atoms with van der Waals surface area (Å²) in [5.74, 6) is 0.632. The Labute approximate surface area is 102 Å². The van der Waals surface area contributed by atoms with E-state index < -0.39 is 0 Å². The molecular weight excluding hydrogens is 220 g/mol. The molecule has 4 heteroatoms. The largest absolute Gasteiger partial charge is 0.381 e. The molecule has 0 aromatic carbocycles. The molecule has 1 rings (SSSR count). The molecule has 0 aliphatic rings. The van der Waals surface area contributed by atoms with Crippen LogP contribution in [-0.2, 0) is 11.3 Å². The zero-order chi connectivity index (χ0) is 11.8. The lowest BCUT2D eigenvalue weighted by Gasteiger charge is -2.07. The van der Waals surface area contributed by atoms with Gasteiger partial charge in [0.1, 0.15) is 0 Å². The smallest absolute Gasteiger partial charge is 0.0798 e. The molecule has 0 saturated heterocycles. The molecule has 1 heterocycles. The van der Waals surface area contributed by atoms with Gasteiger partial charge >= 0.3 is 0 Å². The van der Waals surface area contributed by atoms with E-state index in [4.69, 9.17) is 4.74 Å². The summed E-state index contributed by atoms with van der Waals surface area (Å²) in [6, 6.07) is 0. The number of nitrogens with one attached hydrogen (secondary N) is 1. The number of aryl methyl sites for hydroxylation is 1. The average molecular weight is 242 g/mol. The quantitative estimate of drug-likeness (QED) is 0.712. The van der Waals surface area contributed by atoms with Crippen LogP contribution in [0.3, 0.4) is 0 Å². The van der Waals surface area contributed by atoms with Crippen molar-refractivity contribution in [3.63, 3.8) is 0 Å². The van der Waals surface area contributed by atoms with Crippen molar-refractivity contribution >= 4 is 11.3 Å². The Morgan fingerprint density at radius 2 is 2.31 bits per heavy atom. The summed E-state index contributed by atoms with van der Waals surface area (Å²) in [6.45, 7) is 10.1. The van der Waals surface area contributed by atoms with Gasteiger partial charge in [0.25, 0.3) is 0 Å². The highest BCUT2D eigenvalue weighted by molar-refractivity contribution is 7.09. The highest BCUT2D eigenvalue weighted by Crippen LogP contribution is 2.10. The fourth-order valence-corrected chi connectivity index (χ4v) is 2.06. The monoisotopic (exact) mass is 242 g/mol. The Kier molecular flexibility index (Phi) is 6.61. The summed E-state index contributed by atoms with van der Waals surface area (Å²) < 4.78 is 5.51. The van der Waals surface area contributed by atoms with E-state index in [0.29, 0.717) is 5.92 Å². The fraction of sp³-hybridized carbons (Fsp3) is 0.750. The second-order valence-corrected chi connectivity index (χ2v) is 5.30. The van der Waals surface area contributed by atoms with Crippen molar-refractivity contribution in [1.29, 1.82) is 0 Å². The summed E-state index contributed by atoms with van der Waals surface area (Å²) in [5, 5.41) is 3.41. The van der Waals surface area contributed by atoms with Gasteiger partial charge in [0.2, 0.25) is 0 Å². The van der Waals surface area contributed by atoms with Gasteiger partial charge in [-0.25, -0.2) is 4.98 Å². The average Bonchev–Trinajstić information content (AvgIpc) is 2.62. The van der Waals surface area contributed by atoms with E-state index in [1.54, 1.807) is 11.3 Å². The molecule has 0 amide bonds. The lowest BCUT2D eigenvalue weighted by Crippen LogP contribution is -2.16. The van der Waals surface area contributed by atoms with E-state index in [2.05, 4.69) is 31.1 Å². The number of thiazole rings is 1. The summed E-state index contributed by atoms with van der Waals surface area (Å²) in [6.07, 6.45) is 1.07. The van der Waals surface area contributed by atoms with Gasteiger partial charge in [0.05, 0.1) is 11.2 Å². The van der Waals surface area contributed by atoms with Gasteiger partial charge < -0.3 is 10.1 Å². The third kappa shape index (κ3) is 5.58. The Hall–Kier alpha value is -0.450. The van der Waals surface area contributed by atoms with Gasteiger partial charge in [-0.2, -0.15) is 0 Å². The minimum Gasteiger partial charge on any atom is -0.381 e. The predicted octanol–water partition coefficient (Wildman–Crippen LogP) is 2.60. The highest BCUT2D eigenvalue weighted by atomic mass is 32.1. The molecule has 0 fully saturated rings. The second-order valence-electron chi connectivity index (χ2n) is 4.36. The van der Waals surface area contributed by atoms with Crippen LogP contribution < -0.4 is 5.32 Å². The Morgan fingerprint density at radius 1 is 1.50 bits per heavy atom. The molecule has 0 aliphatic carbocycles. The summed E-state index contributed by atoms with van der Waals surface area (Å²) >= 11 is 1.72. The van der Waals surface area contributed by atoms with E-state index >= 15 is 0 Å². The first-order valence-electron chi connectivity index (χ1n) is 5.87. The lowest BCUT2D eigenvalue weighted by atomic mass is 10.2. The van der Waals surface area contributed by atoms with Gasteiger partial charge in [-0.05, 0) is 25.8 Å². The van der Waals surface area contributed by atoms with Gasteiger partial charge in [-0.3, -0.25) is 0 Å². The maximum absolute atomic E-state index is 5.51. The fourth-order valence-electron chi connectivity index (χ4n) is 1.32. The van der Waals surface area contributed by atoms with Crippen LogP contribution in [0, 0.1) is 12.8 Å². The summed E-state index contributed by atoms with van der Waals surface area (Å²) in [7, 11) is 0. The number of ether oxygens (including phenoxy) is 1. The van der Waals surface area contributed by atoms with Gasteiger partial charge in [-0.1, -0.05) is 13.8 Å². The molecule has 1 aromatic heterocycles. The normalized spacial score (nSPS) is 11.2. The second kappa shape index (κ2) is 7.76. The van der Waals surface area contributed by atoms with Gasteiger partial charge in [0, 0.05) is 24.6 Å². The van der Waals surface area contributed by atoms with Crippen LogP contribution in [0.5, 0.6) is 0 Å². The van der Waals surface area contributed by atoms with Crippen LogP contribution in [0.1, 0.15) is 30.8 Å². The van der Waals surface area contributed by atoms with Crippen molar-refractivity contribution in [3.8, 4) is 0 Å². The van der Waals surface area contributed by atoms with Crippen molar-refractivity contribution in [2.75, 3.05) is 19.8 Å². The Bertz CT molecular complexity index is 286. The zero-order valence-corrected chi connectivity index (χ0v) is 11.3.